The molecular weight excluding hydrogens is 360 g/mol. The molecule has 0 aromatic heterocycles. The Morgan fingerprint density at radius 2 is 1.79 bits per heavy atom. The molecule has 0 spiro atoms. The number of carbonyl (C=O) groups is 1. The van der Waals surface area contributed by atoms with Crippen LogP contribution >= 0.6 is 0 Å². The highest BCUT2D eigenvalue weighted by molar-refractivity contribution is 5.85. The number of carbonyl (C=O) groups excluding carboxylic acids is 1. The molecule has 0 radical (unpaired) electrons. The van der Waals surface area contributed by atoms with Crippen molar-refractivity contribution in [1.29, 1.82) is 0 Å². The van der Waals surface area contributed by atoms with Gasteiger partial charge in [-0.05, 0) is 46.9 Å². The molecule has 0 bridgehead atoms. The zero-order valence-electron chi connectivity index (χ0n) is 16.0. The van der Waals surface area contributed by atoms with Crippen molar-refractivity contribution < 1.29 is 23.7 Å². The highest BCUT2D eigenvalue weighted by Crippen LogP contribution is 2.36. The number of rotatable bonds is 3. The molecule has 7 nitrogen and oxygen atoms in total. The van der Waals surface area contributed by atoms with Crippen LogP contribution in [0.15, 0.2) is 41.5 Å². The summed E-state index contributed by atoms with van der Waals surface area (Å²) >= 11 is 0. The molecule has 0 saturated carbocycles. The standard InChI is InChI=1S/C21H22N2O5/c1-21(2,3)14-5-7-16-18(9-14)28-19(11-25-16)20(24)23-22-10-13-4-6-15-17(8-13)27-12-26-15/h4-10,19H,11-12H2,1-3H3,(H,23,24)/b22-10+/t19-/m0/s1. The quantitative estimate of drug-likeness (QED) is 0.652. The van der Waals surface area contributed by atoms with Gasteiger partial charge in [0.05, 0.1) is 6.21 Å². The maximum Gasteiger partial charge on any atom is 0.284 e. The van der Waals surface area contributed by atoms with E-state index in [9.17, 15) is 4.79 Å². The third-order valence-electron chi connectivity index (χ3n) is 4.55. The third kappa shape index (κ3) is 3.74. The molecule has 28 heavy (non-hydrogen) atoms. The number of hydrazone groups is 1. The summed E-state index contributed by atoms with van der Waals surface area (Å²) < 4.78 is 22.1. The predicted molar refractivity (Wildman–Crippen MR) is 103 cm³/mol. The highest BCUT2D eigenvalue weighted by Gasteiger charge is 2.28. The van der Waals surface area contributed by atoms with Gasteiger partial charge in [0.2, 0.25) is 12.9 Å². The van der Waals surface area contributed by atoms with Crippen molar-refractivity contribution in [2.75, 3.05) is 13.4 Å². The number of hydrogen-bond acceptors (Lipinski definition) is 6. The fourth-order valence-corrected chi connectivity index (χ4v) is 2.90. The number of nitrogens with one attached hydrogen (secondary N) is 1. The number of amides is 1. The maximum atomic E-state index is 12.4. The Morgan fingerprint density at radius 1 is 1.04 bits per heavy atom. The Kier molecular flexibility index (Phi) is 4.58. The van der Waals surface area contributed by atoms with E-state index in [1.807, 2.05) is 24.3 Å². The van der Waals surface area contributed by atoms with Crippen LogP contribution in [0.25, 0.3) is 0 Å². The van der Waals surface area contributed by atoms with Crippen molar-refractivity contribution in [3.8, 4) is 23.0 Å². The van der Waals surface area contributed by atoms with Gasteiger partial charge in [-0.2, -0.15) is 5.10 Å². The van der Waals surface area contributed by atoms with Gasteiger partial charge in [0, 0.05) is 0 Å². The van der Waals surface area contributed by atoms with E-state index in [4.69, 9.17) is 18.9 Å². The van der Waals surface area contributed by atoms with Crippen LogP contribution in [-0.4, -0.2) is 31.6 Å². The van der Waals surface area contributed by atoms with Gasteiger partial charge in [0.1, 0.15) is 6.61 Å². The Bertz CT molecular complexity index is 933. The van der Waals surface area contributed by atoms with Gasteiger partial charge in [-0.15, -0.1) is 0 Å². The van der Waals surface area contributed by atoms with E-state index >= 15 is 0 Å². The van der Waals surface area contributed by atoms with Gasteiger partial charge < -0.3 is 18.9 Å². The van der Waals surface area contributed by atoms with E-state index in [-0.39, 0.29) is 24.7 Å². The van der Waals surface area contributed by atoms with Crippen LogP contribution in [0.3, 0.4) is 0 Å². The molecular formula is C21H22N2O5. The first-order valence-electron chi connectivity index (χ1n) is 9.07. The zero-order chi connectivity index (χ0) is 19.7. The summed E-state index contributed by atoms with van der Waals surface area (Å²) in [6, 6.07) is 11.2. The lowest BCUT2D eigenvalue weighted by molar-refractivity contribution is -0.130. The number of hydrogen-bond donors (Lipinski definition) is 1. The summed E-state index contributed by atoms with van der Waals surface area (Å²) in [6.07, 6.45) is 0.770. The topological polar surface area (TPSA) is 78.4 Å². The summed E-state index contributed by atoms with van der Waals surface area (Å²) in [5.74, 6) is 2.19. The van der Waals surface area contributed by atoms with Crippen LogP contribution in [0.2, 0.25) is 0 Å². The van der Waals surface area contributed by atoms with Gasteiger partial charge in [0.15, 0.2) is 23.0 Å². The van der Waals surface area contributed by atoms with Gasteiger partial charge in [-0.25, -0.2) is 5.43 Å². The van der Waals surface area contributed by atoms with Crippen LogP contribution in [0, 0.1) is 0 Å². The molecule has 0 unspecified atom stereocenters. The Hall–Kier alpha value is -3.22. The molecule has 1 amide bonds. The zero-order valence-corrected chi connectivity index (χ0v) is 16.0. The van der Waals surface area contributed by atoms with Crippen molar-refractivity contribution in [2.45, 2.75) is 32.3 Å². The van der Waals surface area contributed by atoms with E-state index in [2.05, 4.69) is 31.3 Å². The Labute approximate surface area is 163 Å². The van der Waals surface area contributed by atoms with Gasteiger partial charge in [-0.3, -0.25) is 4.79 Å². The average molecular weight is 382 g/mol. The SMILES string of the molecule is CC(C)(C)c1ccc2c(c1)O[C@H](C(=O)N/N=C/c1ccc3c(c1)OCO3)CO2. The molecule has 2 aliphatic rings. The van der Waals surface area contributed by atoms with Crippen molar-refractivity contribution in [3.63, 3.8) is 0 Å². The van der Waals surface area contributed by atoms with Crippen LogP contribution in [0.4, 0.5) is 0 Å². The molecule has 2 aromatic carbocycles. The summed E-state index contributed by atoms with van der Waals surface area (Å²) in [5.41, 5.74) is 4.36. The van der Waals surface area contributed by atoms with Crippen molar-refractivity contribution >= 4 is 12.1 Å². The Morgan fingerprint density at radius 3 is 2.61 bits per heavy atom. The first-order valence-corrected chi connectivity index (χ1v) is 9.07. The molecule has 0 aliphatic carbocycles. The van der Waals surface area contributed by atoms with E-state index in [1.54, 1.807) is 12.1 Å². The summed E-state index contributed by atoms with van der Waals surface area (Å²) in [6.45, 7) is 6.70. The van der Waals surface area contributed by atoms with Crippen molar-refractivity contribution in [2.24, 2.45) is 5.10 Å². The molecule has 1 atom stereocenters. The fourth-order valence-electron chi connectivity index (χ4n) is 2.90. The molecule has 2 aliphatic heterocycles. The highest BCUT2D eigenvalue weighted by atomic mass is 16.7. The smallest absolute Gasteiger partial charge is 0.284 e. The van der Waals surface area contributed by atoms with Crippen LogP contribution < -0.4 is 24.4 Å². The second-order valence-corrected chi connectivity index (χ2v) is 7.68. The van der Waals surface area contributed by atoms with E-state index in [0.29, 0.717) is 23.0 Å². The minimum atomic E-state index is -0.767. The maximum absolute atomic E-state index is 12.4. The van der Waals surface area contributed by atoms with E-state index in [0.717, 1.165) is 11.1 Å². The molecule has 146 valence electrons. The second-order valence-electron chi connectivity index (χ2n) is 7.68. The Balaban J connectivity index is 1.39. The molecule has 2 aromatic rings. The lowest BCUT2D eigenvalue weighted by Crippen LogP contribution is -2.42. The lowest BCUT2D eigenvalue weighted by Gasteiger charge is -2.27. The fraction of sp³-hybridized carbons (Fsp3) is 0.333. The monoisotopic (exact) mass is 382 g/mol. The normalized spacial score (nSPS) is 17.6. The average Bonchev–Trinajstić information content (AvgIpc) is 3.14. The number of nitrogens with zero attached hydrogens (tertiary/aromatic N) is 1. The largest absolute Gasteiger partial charge is 0.485 e. The van der Waals surface area contributed by atoms with Crippen LogP contribution in [0.1, 0.15) is 31.9 Å². The van der Waals surface area contributed by atoms with E-state index in [1.165, 1.54) is 6.21 Å². The second kappa shape index (κ2) is 7.07. The van der Waals surface area contributed by atoms with E-state index < -0.39 is 6.10 Å². The predicted octanol–water partition coefficient (Wildman–Crippen LogP) is 3.00. The molecule has 4 rings (SSSR count). The summed E-state index contributed by atoms with van der Waals surface area (Å²) in [4.78, 5) is 12.4. The van der Waals surface area contributed by atoms with Crippen LogP contribution in [0.5, 0.6) is 23.0 Å². The third-order valence-corrected chi connectivity index (χ3v) is 4.55. The minimum Gasteiger partial charge on any atom is -0.485 e. The minimum absolute atomic E-state index is 0.0253. The number of benzene rings is 2. The molecule has 0 fully saturated rings. The number of ether oxygens (including phenoxy) is 4. The van der Waals surface area contributed by atoms with Gasteiger partial charge in [0.25, 0.3) is 5.91 Å². The molecule has 2 heterocycles. The van der Waals surface area contributed by atoms with Gasteiger partial charge in [-0.1, -0.05) is 26.8 Å². The van der Waals surface area contributed by atoms with Crippen molar-refractivity contribution in [3.05, 3.63) is 47.5 Å². The summed E-state index contributed by atoms with van der Waals surface area (Å²) in [7, 11) is 0. The first kappa shape index (κ1) is 18.2. The molecule has 0 saturated heterocycles. The number of fused-ring (bicyclic) bond motifs is 2. The van der Waals surface area contributed by atoms with Crippen molar-refractivity contribution in [1.82, 2.24) is 5.43 Å². The lowest BCUT2D eigenvalue weighted by atomic mass is 9.87. The first-order chi connectivity index (χ1) is 13.4. The molecule has 1 N–H and O–H groups in total. The molecule has 7 heteroatoms. The van der Waals surface area contributed by atoms with Gasteiger partial charge >= 0.3 is 0 Å². The van der Waals surface area contributed by atoms with Crippen LogP contribution in [-0.2, 0) is 10.2 Å². The summed E-state index contributed by atoms with van der Waals surface area (Å²) in [5, 5.41) is 4.00.